The maximum atomic E-state index is 13.0. The first kappa shape index (κ1) is 37.0. The van der Waals surface area contributed by atoms with Gasteiger partial charge in [-0.1, -0.05) is 63.4 Å². The zero-order chi connectivity index (χ0) is 32.9. The second-order valence-electron chi connectivity index (χ2n) is 10.9. The first-order valence-electron chi connectivity index (χ1n) is 15.5. The van der Waals surface area contributed by atoms with Crippen molar-refractivity contribution in [2.24, 2.45) is 5.41 Å². The van der Waals surface area contributed by atoms with Crippen LogP contribution in [0.4, 0.5) is 4.79 Å². The third-order valence-corrected chi connectivity index (χ3v) is 7.15. The van der Waals surface area contributed by atoms with Gasteiger partial charge in [-0.25, -0.2) is 4.79 Å². The van der Waals surface area contributed by atoms with E-state index < -0.39 is 47.7 Å². The number of nitrogens with one attached hydrogen (secondary N) is 5. The van der Waals surface area contributed by atoms with Crippen molar-refractivity contribution in [1.82, 2.24) is 26.6 Å². The SMILES string of the molecule is CCCCOC(=O)NCC(=O)NCC(=O)N[C@@H](Cc1ccccc1)C(=O)NCC(=O)NCOCC1(C(=O)OCCCC)CCC1. The molecule has 2 rings (SSSR count). The van der Waals surface area contributed by atoms with Crippen LogP contribution < -0.4 is 26.6 Å². The molecule has 0 radical (unpaired) electrons. The van der Waals surface area contributed by atoms with Crippen LogP contribution in [0.25, 0.3) is 0 Å². The molecule has 250 valence electrons. The molecule has 0 spiro atoms. The zero-order valence-electron chi connectivity index (χ0n) is 26.2. The predicted octanol–water partition coefficient (Wildman–Crippen LogP) is 1.08. The van der Waals surface area contributed by atoms with E-state index in [9.17, 15) is 28.8 Å². The lowest BCUT2D eigenvalue weighted by atomic mass is 9.69. The molecule has 5 amide bonds. The van der Waals surface area contributed by atoms with Gasteiger partial charge in [-0.2, -0.15) is 0 Å². The van der Waals surface area contributed by atoms with E-state index >= 15 is 0 Å². The van der Waals surface area contributed by atoms with Gasteiger partial charge in [0.2, 0.25) is 23.6 Å². The van der Waals surface area contributed by atoms with E-state index in [2.05, 4.69) is 26.6 Å². The molecule has 1 aliphatic rings. The van der Waals surface area contributed by atoms with Crippen molar-refractivity contribution in [3.8, 4) is 0 Å². The van der Waals surface area contributed by atoms with Crippen molar-refractivity contribution in [2.75, 3.05) is 46.2 Å². The number of alkyl carbamates (subject to hydrolysis) is 1. The normalized spacial score (nSPS) is 13.7. The van der Waals surface area contributed by atoms with E-state index in [1.807, 2.05) is 19.9 Å². The number of carbonyl (C=O) groups is 6. The van der Waals surface area contributed by atoms with E-state index in [1.165, 1.54) is 0 Å². The molecule has 5 N–H and O–H groups in total. The monoisotopic (exact) mass is 633 g/mol. The summed E-state index contributed by atoms with van der Waals surface area (Å²) in [6, 6.07) is 7.94. The number of amides is 5. The number of benzene rings is 1. The van der Waals surface area contributed by atoms with E-state index in [0.29, 0.717) is 25.9 Å². The van der Waals surface area contributed by atoms with Gasteiger partial charge in [-0.05, 0) is 31.2 Å². The van der Waals surface area contributed by atoms with Crippen molar-refractivity contribution < 1.29 is 43.0 Å². The molecule has 1 aromatic carbocycles. The van der Waals surface area contributed by atoms with E-state index in [0.717, 1.165) is 31.2 Å². The Balaban J connectivity index is 1.77. The summed E-state index contributed by atoms with van der Waals surface area (Å²) in [5.41, 5.74) is 0.0924. The number of rotatable bonds is 21. The quantitative estimate of drug-likeness (QED) is 0.0749. The van der Waals surface area contributed by atoms with Crippen molar-refractivity contribution >= 4 is 35.7 Å². The average molecular weight is 634 g/mol. The molecule has 1 saturated carbocycles. The van der Waals surface area contributed by atoms with Gasteiger partial charge in [0.1, 0.15) is 19.3 Å². The number of ether oxygens (including phenoxy) is 3. The Morgan fingerprint density at radius 2 is 1.40 bits per heavy atom. The summed E-state index contributed by atoms with van der Waals surface area (Å²) in [6.45, 7) is 3.38. The Labute approximate surface area is 264 Å². The van der Waals surface area contributed by atoms with Gasteiger partial charge in [0.25, 0.3) is 0 Å². The van der Waals surface area contributed by atoms with Crippen LogP contribution in [0.15, 0.2) is 30.3 Å². The molecule has 1 atom stereocenters. The first-order valence-corrected chi connectivity index (χ1v) is 15.5. The predicted molar refractivity (Wildman–Crippen MR) is 163 cm³/mol. The minimum atomic E-state index is -1.04. The highest BCUT2D eigenvalue weighted by molar-refractivity contribution is 5.92. The van der Waals surface area contributed by atoms with Crippen LogP contribution in [0.1, 0.15) is 64.4 Å². The number of unbranched alkanes of at least 4 members (excludes halogenated alkanes) is 2. The molecule has 14 heteroatoms. The third kappa shape index (κ3) is 14.4. The van der Waals surface area contributed by atoms with Gasteiger partial charge in [0.05, 0.1) is 38.3 Å². The van der Waals surface area contributed by atoms with Crippen molar-refractivity contribution in [2.45, 2.75) is 71.3 Å². The van der Waals surface area contributed by atoms with E-state index in [-0.39, 0.29) is 45.4 Å². The van der Waals surface area contributed by atoms with Crippen LogP contribution in [-0.2, 0) is 44.6 Å². The Bertz CT molecular complexity index is 1110. The highest BCUT2D eigenvalue weighted by Crippen LogP contribution is 2.42. The maximum absolute atomic E-state index is 13.0. The number of carbonyl (C=O) groups excluding carboxylic acids is 6. The summed E-state index contributed by atoms with van der Waals surface area (Å²) in [5, 5.41) is 12.3. The third-order valence-electron chi connectivity index (χ3n) is 7.15. The maximum Gasteiger partial charge on any atom is 0.407 e. The van der Waals surface area contributed by atoms with Crippen LogP contribution >= 0.6 is 0 Å². The number of hydrogen-bond donors (Lipinski definition) is 5. The van der Waals surface area contributed by atoms with Gasteiger partial charge in [0, 0.05) is 6.42 Å². The summed E-state index contributed by atoms with van der Waals surface area (Å²) >= 11 is 0. The lowest BCUT2D eigenvalue weighted by Gasteiger charge is -2.38. The molecule has 1 aliphatic carbocycles. The molecule has 0 unspecified atom stereocenters. The van der Waals surface area contributed by atoms with Gasteiger partial charge in [-0.3, -0.25) is 24.0 Å². The molecule has 1 fully saturated rings. The Kier molecular flexibility index (Phi) is 17.0. The van der Waals surface area contributed by atoms with Gasteiger partial charge in [0.15, 0.2) is 0 Å². The van der Waals surface area contributed by atoms with Gasteiger partial charge >= 0.3 is 12.1 Å². The molecular formula is C31H47N5O9. The van der Waals surface area contributed by atoms with Crippen molar-refractivity contribution in [3.63, 3.8) is 0 Å². The number of hydrogen-bond acceptors (Lipinski definition) is 9. The minimum absolute atomic E-state index is 0.130. The molecule has 0 bridgehead atoms. The Morgan fingerprint density at radius 3 is 2.04 bits per heavy atom. The fourth-order valence-corrected chi connectivity index (χ4v) is 4.26. The highest BCUT2D eigenvalue weighted by Gasteiger charge is 2.46. The Morgan fingerprint density at radius 1 is 0.778 bits per heavy atom. The van der Waals surface area contributed by atoms with Crippen molar-refractivity contribution in [1.29, 1.82) is 0 Å². The van der Waals surface area contributed by atoms with Gasteiger partial charge in [-0.15, -0.1) is 0 Å². The molecule has 14 nitrogen and oxygen atoms in total. The van der Waals surface area contributed by atoms with E-state index in [1.54, 1.807) is 24.3 Å². The summed E-state index contributed by atoms with van der Waals surface area (Å²) in [5.74, 6) is -2.65. The van der Waals surface area contributed by atoms with Crippen LogP contribution in [-0.4, -0.2) is 87.9 Å². The topological polar surface area (TPSA) is 190 Å². The summed E-state index contributed by atoms with van der Waals surface area (Å²) < 4.78 is 15.8. The largest absolute Gasteiger partial charge is 0.465 e. The molecular weight excluding hydrogens is 586 g/mol. The van der Waals surface area contributed by atoms with E-state index in [4.69, 9.17) is 14.2 Å². The zero-order valence-corrected chi connectivity index (χ0v) is 26.2. The average Bonchev–Trinajstić information content (AvgIpc) is 3.01. The van der Waals surface area contributed by atoms with Crippen molar-refractivity contribution in [3.05, 3.63) is 35.9 Å². The fraction of sp³-hybridized carbons (Fsp3) is 0.613. The summed E-state index contributed by atoms with van der Waals surface area (Å²) in [6.07, 6.45) is 4.94. The summed E-state index contributed by atoms with van der Waals surface area (Å²) in [4.78, 5) is 73.9. The molecule has 1 aromatic rings. The van der Waals surface area contributed by atoms with Gasteiger partial charge < -0.3 is 40.8 Å². The van der Waals surface area contributed by atoms with Crippen LogP contribution in [0, 0.1) is 5.41 Å². The smallest absolute Gasteiger partial charge is 0.407 e. The molecule has 0 heterocycles. The Hall–Kier alpha value is -4.20. The second kappa shape index (κ2) is 20.7. The second-order valence-corrected chi connectivity index (χ2v) is 10.9. The van der Waals surface area contributed by atoms with Crippen LogP contribution in [0.2, 0.25) is 0 Å². The molecule has 45 heavy (non-hydrogen) atoms. The van der Waals surface area contributed by atoms with Crippen LogP contribution in [0.5, 0.6) is 0 Å². The number of esters is 1. The fourth-order valence-electron chi connectivity index (χ4n) is 4.26. The standard InChI is InChI=1S/C31H47N5O9/c1-3-5-15-44-29(41)31(13-10-14-31)21-43-22-35-26(38)18-33-28(40)24(17-23-11-8-7-9-12-23)36-27(39)20-32-25(37)19-34-30(42)45-16-6-4-2/h7-9,11-12,24H,3-6,10,13-22H2,1-2H3,(H,32,37)(H,33,40)(H,34,42)(H,35,38)(H,36,39)/t24-/m0/s1. The molecule has 0 aromatic heterocycles. The highest BCUT2D eigenvalue weighted by atomic mass is 16.5. The molecule has 0 aliphatic heterocycles. The van der Waals surface area contributed by atoms with Crippen LogP contribution in [0.3, 0.4) is 0 Å². The first-order chi connectivity index (χ1) is 21.7. The minimum Gasteiger partial charge on any atom is -0.465 e. The lowest BCUT2D eigenvalue weighted by molar-refractivity contribution is -0.167. The summed E-state index contributed by atoms with van der Waals surface area (Å²) in [7, 11) is 0. The lowest BCUT2D eigenvalue weighted by Crippen LogP contribution is -2.52. The molecule has 0 saturated heterocycles.